The van der Waals surface area contributed by atoms with Gasteiger partial charge in [0.05, 0.1) is 10.8 Å². The van der Waals surface area contributed by atoms with Crippen LogP contribution < -0.4 is 5.32 Å². The van der Waals surface area contributed by atoms with Crippen LogP contribution in [-0.4, -0.2) is 62.8 Å². The van der Waals surface area contributed by atoms with Gasteiger partial charge in [-0.3, -0.25) is 9.59 Å². The van der Waals surface area contributed by atoms with E-state index in [1.165, 1.54) is 0 Å². The van der Waals surface area contributed by atoms with Crippen molar-refractivity contribution >= 4 is 11.8 Å². The lowest BCUT2D eigenvalue weighted by Gasteiger charge is -2.43. The van der Waals surface area contributed by atoms with Crippen molar-refractivity contribution in [2.45, 2.75) is 78.6 Å². The molecule has 0 radical (unpaired) electrons. The average Bonchev–Trinajstić information content (AvgIpc) is 3.06. The molecule has 3 aliphatic rings. The Balaban J connectivity index is 1.50. The largest absolute Gasteiger partial charge is 0.382 e. The van der Waals surface area contributed by atoms with Gasteiger partial charge >= 0.3 is 0 Å². The van der Waals surface area contributed by atoms with Crippen LogP contribution >= 0.6 is 0 Å². The minimum Gasteiger partial charge on any atom is -0.382 e. The van der Waals surface area contributed by atoms with Crippen molar-refractivity contribution < 1.29 is 19.1 Å². The van der Waals surface area contributed by atoms with E-state index in [1.807, 2.05) is 13.8 Å². The molecule has 172 valence electrons. The van der Waals surface area contributed by atoms with E-state index in [0.717, 1.165) is 70.9 Å². The summed E-state index contributed by atoms with van der Waals surface area (Å²) in [5.74, 6) is 0.502. The number of carbonyl (C=O) groups excluding carboxylic acids is 2. The van der Waals surface area contributed by atoms with Crippen LogP contribution in [-0.2, 0) is 19.1 Å². The monoisotopic (exact) mass is 422 g/mol. The van der Waals surface area contributed by atoms with Gasteiger partial charge in [-0.2, -0.15) is 0 Å². The molecule has 1 heterocycles. The molecule has 3 rings (SSSR count). The van der Waals surface area contributed by atoms with Gasteiger partial charge in [-0.05, 0) is 58.8 Å². The Morgan fingerprint density at radius 3 is 1.97 bits per heavy atom. The highest BCUT2D eigenvalue weighted by molar-refractivity contribution is 5.84. The molecule has 6 heteroatoms. The summed E-state index contributed by atoms with van der Waals surface area (Å²) in [6.45, 7) is 11.1. The quantitative estimate of drug-likeness (QED) is 0.489. The molecule has 1 N–H and O–H groups in total. The second kappa shape index (κ2) is 9.99. The average molecular weight is 423 g/mol. The summed E-state index contributed by atoms with van der Waals surface area (Å²) >= 11 is 0. The number of carbonyl (C=O) groups is 2. The summed E-state index contributed by atoms with van der Waals surface area (Å²) in [4.78, 5) is 28.3. The van der Waals surface area contributed by atoms with E-state index in [0.29, 0.717) is 38.9 Å². The van der Waals surface area contributed by atoms with Crippen LogP contribution in [0.1, 0.15) is 78.6 Å². The number of nitrogens with one attached hydrogen (secondary N) is 1. The van der Waals surface area contributed by atoms with Crippen LogP contribution in [0.25, 0.3) is 0 Å². The first-order valence-corrected chi connectivity index (χ1v) is 12.1. The number of likely N-dealkylation sites (tertiary alicyclic amines) is 1. The van der Waals surface area contributed by atoms with E-state index in [-0.39, 0.29) is 22.2 Å². The van der Waals surface area contributed by atoms with E-state index >= 15 is 0 Å². The summed E-state index contributed by atoms with van der Waals surface area (Å²) in [7, 11) is 0. The van der Waals surface area contributed by atoms with Gasteiger partial charge in [-0.15, -0.1) is 0 Å². The first kappa shape index (κ1) is 23.5. The van der Waals surface area contributed by atoms with E-state index in [1.54, 1.807) is 0 Å². The topological polar surface area (TPSA) is 67.9 Å². The number of rotatable bonds is 12. The predicted molar refractivity (Wildman–Crippen MR) is 117 cm³/mol. The Labute approximate surface area is 182 Å². The molecule has 0 spiro atoms. The van der Waals surface area contributed by atoms with Crippen LogP contribution in [0.15, 0.2) is 0 Å². The van der Waals surface area contributed by atoms with Crippen molar-refractivity contribution in [1.29, 1.82) is 0 Å². The van der Waals surface area contributed by atoms with Gasteiger partial charge < -0.3 is 19.7 Å². The summed E-state index contributed by atoms with van der Waals surface area (Å²) in [6, 6.07) is 0. The van der Waals surface area contributed by atoms with E-state index in [4.69, 9.17) is 9.47 Å². The smallest absolute Gasteiger partial charge is 0.228 e. The maximum Gasteiger partial charge on any atom is 0.228 e. The van der Waals surface area contributed by atoms with Gasteiger partial charge in [-0.25, -0.2) is 0 Å². The molecule has 2 aliphatic carbocycles. The summed E-state index contributed by atoms with van der Waals surface area (Å²) in [6.07, 6.45) is 8.79. The van der Waals surface area contributed by atoms with Gasteiger partial charge in [0, 0.05) is 51.5 Å². The molecular weight excluding hydrogens is 380 g/mol. The first-order chi connectivity index (χ1) is 14.4. The zero-order valence-electron chi connectivity index (χ0n) is 19.4. The van der Waals surface area contributed by atoms with Gasteiger partial charge in [-0.1, -0.05) is 19.8 Å². The number of amides is 2. The zero-order chi connectivity index (χ0) is 21.7. The normalized spacial score (nSPS) is 26.7. The van der Waals surface area contributed by atoms with Crippen molar-refractivity contribution in [3.63, 3.8) is 0 Å². The molecule has 0 unspecified atom stereocenters. The SMILES string of the molecule is CCOCCC1(C(=O)NC[C@@]2(C)CCN(C(=O)C3(CCOCC)CCC3)C2)CCC1. The fourth-order valence-electron chi connectivity index (χ4n) is 5.35. The van der Waals surface area contributed by atoms with Crippen LogP contribution in [0.4, 0.5) is 0 Å². The summed E-state index contributed by atoms with van der Waals surface area (Å²) in [5.41, 5.74) is -0.463. The molecule has 0 aromatic carbocycles. The molecule has 2 amide bonds. The van der Waals surface area contributed by atoms with Crippen LogP contribution in [0, 0.1) is 16.2 Å². The van der Waals surface area contributed by atoms with Crippen molar-refractivity contribution in [2.24, 2.45) is 16.2 Å². The lowest BCUT2D eigenvalue weighted by molar-refractivity contribution is -0.148. The Morgan fingerprint density at radius 1 is 0.900 bits per heavy atom. The van der Waals surface area contributed by atoms with Crippen molar-refractivity contribution in [2.75, 3.05) is 46.1 Å². The molecule has 2 saturated carbocycles. The maximum atomic E-state index is 13.3. The Hall–Kier alpha value is -1.14. The van der Waals surface area contributed by atoms with E-state index in [9.17, 15) is 9.59 Å². The maximum absolute atomic E-state index is 13.3. The molecule has 0 aromatic rings. The third-order valence-electron chi connectivity index (χ3n) is 7.94. The zero-order valence-corrected chi connectivity index (χ0v) is 19.4. The second-order valence-electron chi connectivity index (χ2n) is 10.1. The summed E-state index contributed by atoms with van der Waals surface area (Å²) < 4.78 is 11.0. The lowest BCUT2D eigenvalue weighted by atomic mass is 9.65. The standard InChI is InChI=1S/C24H42N2O4/c1-4-29-16-13-23(8-6-9-23)20(27)25-18-22(3)12-15-26(19-22)21(28)24(10-7-11-24)14-17-30-5-2/h4-19H2,1-3H3,(H,25,27)/t22-/m1/s1. The van der Waals surface area contributed by atoms with Crippen molar-refractivity contribution in [1.82, 2.24) is 10.2 Å². The second-order valence-corrected chi connectivity index (χ2v) is 10.1. The van der Waals surface area contributed by atoms with Gasteiger partial charge in [0.15, 0.2) is 0 Å². The number of ether oxygens (including phenoxy) is 2. The van der Waals surface area contributed by atoms with Crippen LogP contribution in [0.5, 0.6) is 0 Å². The Bertz CT molecular complexity index is 600. The molecule has 6 nitrogen and oxygen atoms in total. The van der Waals surface area contributed by atoms with E-state index in [2.05, 4.69) is 17.1 Å². The van der Waals surface area contributed by atoms with Gasteiger partial charge in [0.1, 0.15) is 0 Å². The van der Waals surface area contributed by atoms with Crippen LogP contribution in [0.2, 0.25) is 0 Å². The number of nitrogens with zero attached hydrogens (tertiary/aromatic N) is 1. The number of hydrogen-bond acceptors (Lipinski definition) is 4. The van der Waals surface area contributed by atoms with Crippen molar-refractivity contribution in [3.8, 4) is 0 Å². The molecule has 0 aromatic heterocycles. The van der Waals surface area contributed by atoms with Crippen LogP contribution in [0.3, 0.4) is 0 Å². The molecule has 0 bridgehead atoms. The molecule has 3 fully saturated rings. The highest BCUT2D eigenvalue weighted by atomic mass is 16.5. The third kappa shape index (κ3) is 5.01. The summed E-state index contributed by atoms with van der Waals surface area (Å²) in [5, 5.41) is 3.25. The first-order valence-electron chi connectivity index (χ1n) is 12.1. The highest BCUT2D eigenvalue weighted by Gasteiger charge is 2.49. The third-order valence-corrected chi connectivity index (χ3v) is 7.94. The number of hydrogen-bond donors (Lipinski definition) is 1. The molecule has 1 saturated heterocycles. The fraction of sp³-hybridized carbons (Fsp3) is 0.917. The molecule has 30 heavy (non-hydrogen) atoms. The molecular formula is C24H42N2O4. The lowest BCUT2D eigenvalue weighted by Crippen LogP contribution is -2.50. The molecule has 1 atom stereocenters. The van der Waals surface area contributed by atoms with Crippen molar-refractivity contribution in [3.05, 3.63) is 0 Å². The predicted octanol–water partition coefficient (Wildman–Crippen LogP) is 3.54. The minimum absolute atomic E-state index is 0.0406. The van der Waals surface area contributed by atoms with Gasteiger partial charge in [0.2, 0.25) is 11.8 Å². The minimum atomic E-state index is -0.227. The highest BCUT2D eigenvalue weighted by Crippen LogP contribution is 2.47. The van der Waals surface area contributed by atoms with Gasteiger partial charge in [0.25, 0.3) is 0 Å². The van der Waals surface area contributed by atoms with E-state index < -0.39 is 0 Å². The Morgan fingerprint density at radius 2 is 1.47 bits per heavy atom. The molecule has 1 aliphatic heterocycles. The Kier molecular flexibility index (Phi) is 7.83. The fourth-order valence-corrected chi connectivity index (χ4v) is 5.35.